The summed E-state index contributed by atoms with van der Waals surface area (Å²) in [4.78, 5) is 16.5. The minimum absolute atomic E-state index is 0.0512. The lowest BCUT2D eigenvalue weighted by Gasteiger charge is -2.19. The molecule has 9 heteroatoms. The maximum Gasteiger partial charge on any atom is 0.255 e. The number of ether oxygens (including phenoxy) is 1. The number of hydrogen-bond donors (Lipinski definition) is 1. The number of rotatable bonds is 7. The van der Waals surface area contributed by atoms with Crippen LogP contribution in [0, 0.1) is 5.82 Å². The number of hydrogen-bond acceptors (Lipinski definition) is 5. The molecule has 3 rings (SSSR count). The molecule has 1 aromatic heterocycles. The van der Waals surface area contributed by atoms with E-state index in [-0.39, 0.29) is 22.0 Å². The predicted octanol–water partition coefficient (Wildman–Crippen LogP) is 3.83. The van der Waals surface area contributed by atoms with E-state index in [0.29, 0.717) is 11.3 Å². The highest BCUT2D eigenvalue weighted by Gasteiger charge is 2.30. The molecule has 30 heavy (non-hydrogen) atoms. The maximum atomic E-state index is 14.0. The van der Waals surface area contributed by atoms with Crippen LogP contribution < -0.4 is 10.1 Å². The van der Waals surface area contributed by atoms with Crippen molar-refractivity contribution in [2.75, 3.05) is 13.7 Å². The van der Waals surface area contributed by atoms with Crippen molar-refractivity contribution in [1.29, 1.82) is 0 Å². The van der Waals surface area contributed by atoms with Gasteiger partial charge in [0.1, 0.15) is 16.8 Å². The molecule has 0 saturated carbocycles. The van der Waals surface area contributed by atoms with Gasteiger partial charge in [0.25, 0.3) is 5.91 Å². The van der Waals surface area contributed by atoms with Gasteiger partial charge in [-0.25, -0.2) is 12.8 Å². The number of nitrogens with one attached hydrogen (secondary N) is 1. The van der Waals surface area contributed by atoms with Gasteiger partial charge in [-0.05, 0) is 48.0 Å². The minimum Gasteiger partial charge on any atom is -0.497 e. The molecule has 0 bridgehead atoms. The average molecular weight is 449 g/mol. The van der Waals surface area contributed by atoms with Crippen molar-refractivity contribution >= 4 is 27.3 Å². The fourth-order valence-electron chi connectivity index (χ4n) is 2.89. The second-order valence-electron chi connectivity index (χ2n) is 6.30. The predicted molar refractivity (Wildman–Crippen MR) is 111 cm³/mol. The minimum atomic E-state index is -3.91. The van der Waals surface area contributed by atoms with E-state index >= 15 is 0 Å². The summed E-state index contributed by atoms with van der Waals surface area (Å²) in [5.74, 6) is -1.10. The van der Waals surface area contributed by atoms with E-state index in [0.717, 1.165) is 6.07 Å². The molecule has 156 valence electrons. The molecule has 0 saturated heterocycles. The van der Waals surface area contributed by atoms with Gasteiger partial charge in [0.05, 0.1) is 22.6 Å². The number of aromatic nitrogens is 1. The second kappa shape index (κ2) is 9.23. The molecule has 2 aromatic carbocycles. The second-order valence-corrected chi connectivity index (χ2v) is 8.84. The number of carbonyl (C=O) groups is 1. The Morgan fingerprint density at radius 2 is 1.90 bits per heavy atom. The van der Waals surface area contributed by atoms with Gasteiger partial charge in [-0.3, -0.25) is 9.78 Å². The van der Waals surface area contributed by atoms with Gasteiger partial charge in [-0.1, -0.05) is 23.7 Å². The molecule has 1 atom stereocenters. The van der Waals surface area contributed by atoms with Gasteiger partial charge in [0, 0.05) is 18.9 Å². The summed E-state index contributed by atoms with van der Waals surface area (Å²) in [6.45, 7) is -0.302. The Kier molecular flexibility index (Phi) is 6.69. The highest BCUT2D eigenvalue weighted by molar-refractivity contribution is 7.91. The number of halogens is 2. The third kappa shape index (κ3) is 4.60. The first-order valence-electron chi connectivity index (χ1n) is 8.84. The smallest absolute Gasteiger partial charge is 0.255 e. The van der Waals surface area contributed by atoms with Crippen molar-refractivity contribution in [3.05, 3.63) is 89.0 Å². The van der Waals surface area contributed by atoms with E-state index < -0.39 is 26.8 Å². The van der Waals surface area contributed by atoms with E-state index in [1.165, 1.54) is 55.9 Å². The SMILES string of the molecule is COc1ccc(S(=O)(=O)C(CNC(=O)c2c(F)cccc2Cl)c2cccnc2)cc1. The molecule has 0 aliphatic heterocycles. The molecular weight excluding hydrogens is 431 g/mol. The van der Waals surface area contributed by atoms with E-state index in [2.05, 4.69) is 10.3 Å². The van der Waals surface area contributed by atoms with E-state index in [4.69, 9.17) is 16.3 Å². The first kappa shape index (κ1) is 21.7. The van der Waals surface area contributed by atoms with Crippen LogP contribution in [0.2, 0.25) is 5.02 Å². The van der Waals surface area contributed by atoms with Gasteiger partial charge < -0.3 is 10.1 Å². The zero-order valence-corrected chi connectivity index (χ0v) is 17.5. The first-order valence-corrected chi connectivity index (χ1v) is 10.8. The van der Waals surface area contributed by atoms with Crippen molar-refractivity contribution < 1.29 is 22.3 Å². The van der Waals surface area contributed by atoms with E-state index in [1.54, 1.807) is 12.1 Å². The molecule has 1 N–H and O–H groups in total. The molecule has 0 aliphatic carbocycles. The molecule has 3 aromatic rings. The lowest BCUT2D eigenvalue weighted by atomic mass is 10.1. The number of benzene rings is 2. The quantitative estimate of drug-likeness (QED) is 0.593. The summed E-state index contributed by atoms with van der Waals surface area (Å²) in [6, 6.07) is 13.0. The molecule has 0 aliphatic rings. The fourth-order valence-corrected chi connectivity index (χ4v) is 4.78. The Balaban J connectivity index is 1.92. The summed E-state index contributed by atoms with van der Waals surface area (Å²) in [5.41, 5.74) is 0.0409. The molecular formula is C21H18ClFN2O4S. The van der Waals surface area contributed by atoms with Gasteiger partial charge in [-0.2, -0.15) is 0 Å². The molecule has 6 nitrogen and oxygen atoms in total. The lowest BCUT2D eigenvalue weighted by Crippen LogP contribution is -2.32. The number of methoxy groups -OCH3 is 1. The number of nitrogens with zero attached hydrogens (tertiary/aromatic N) is 1. The van der Waals surface area contributed by atoms with Crippen LogP contribution in [-0.4, -0.2) is 33.0 Å². The lowest BCUT2D eigenvalue weighted by molar-refractivity contribution is 0.0950. The number of sulfone groups is 1. The standard InChI is InChI=1S/C21H18ClFN2O4S/c1-29-15-7-9-16(10-8-15)30(27,28)19(14-4-3-11-24-12-14)13-25-21(26)20-17(22)5-2-6-18(20)23/h2-12,19H,13H2,1H3,(H,25,26). The molecule has 0 fully saturated rings. The van der Waals surface area contributed by atoms with Crippen molar-refractivity contribution in [3.63, 3.8) is 0 Å². The highest BCUT2D eigenvalue weighted by Crippen LogP contribution is 2.29. The van der Waals surface area contributed by atoms with Gasteiger partial charge in [0.15, 0.2) is 9.84 Å². The Morgan fingerprint density at radius 1 is 1.17 bits per heavy atom. The van der Waals surface area contributed by atoms with Crippen LogP contribution in [0.15, 0.2) is 71.9 Å². The van der Waals surface area contributed by atoms with Crippen molar-refractivity contribution in [1.82, 2.24) is 10.3 Å². The molecule has 1 amide bonds. The van der Waals surface area contributed by atoms with Crippen LogP contribution in [0.3, 0.4) is 0 Å². The van der Waals surface area contributed by atoms with Gasteiger partial charge in [0.2, 0.25) is 0 Å². The number of carbonyl (C=O) groups excluding carboxylic acids is 1. The topological polar surface area (TPSA) is 85.4 Å². The first-order chi connectivity index (χ1) is 14.3. The summed E-state index contributed by atoms with van der Waals surface area (Å²) >= 11 is 5.93. The van der Waals surface area contributed by atoms with Crippen molar-refractivity contribution in [2.45, 2.75) is 10.1 Å². The highest BCUT2D eigenvalue weighted by atomic mass is 35.5. The third-order valence-corrected chi connectivity index (χ3v) is 6.89. The van der Waals surface area contributed by atoms with Crippen LogP contribution in [-0.2, 0) is 9.84 Å². The number of amides is 1. The van der Waals surface area contributed by atoms with Crippen molar-refractivity contribution in [3.8, 4) is 5.75 Å². The summed E-state index contributed by atoms with van der Waals surface area (Å²) < 4.78 is 45.7. The number of pyridine rings is 1. The monoisotopic (exact) mass is 448 g/mol. The van der Waals surface area contributed by atoms with Crippen LogP contribution in [0.5, 0.6) is 5.75 Å². The van der Waals surface area contributed by atoms with Crippen LogP contribution in [0.4, 0.5) is 4.39 Å². The van der Waals surface area contributed by atoms with Crippen LogP contribution in [0.25, 0.3) is 0 Å². The molecule has 1 unspecified atom stereocenters. The largest absolute Gasteiger partial charge is 0.497 e. The average Bonchev–Trinajstić information content (AvgIpc) is 2.74. The van der Waals surface area contributed by atoms with E-state index in [9.17, 15) is 17.6 Å². The van der Waals surface area contributed by atoms with Gasteiger partial charge >= 0.3 is 0 Å². The Labute approximate surface area is 178 Å². The van der Waals surface area contributed by atoms with Crippen LogP contribution >= 0.6 is 11.6 Å². The Morgan fingerprint density at radius 3 is 2.50 bits per heavy atom. The summed E-state index contributed by atoms with van der Waals surface area (Å²) in [5, 5.41) is 1.27. The molecule has 1 heterocycles. The van der Waals surface area contributed by atoms with E-state index in [1.807, 2.05) is 0 Å². The molecule has 0 radical (unpaired) electrons. The normalized spacial score (nSPS) is 12.2. The Hall–Kier alpha value is -2.97. The third-order valence-electron chi connectivity index (χ3n) is 4.46. The summed E-state index contributed by atoms with van der Waals surface area (Å²) in [6.07, 6.45) is 2.92. The zero-order valence-electron chi connectivity index (χ0n) is 15.9. The van der Waals surface area contributed by atoms with Gasteiger partial charge in [-0.15, -0.1) is 0 Å². The van der Waals surface area contributed by atoms with Crippen LogP contribution in [0.1, 0.15) is 21.2 Å². The summed E-state index contributed by atoms with van der Waals surface area (Å²) in [7, 11) is -2.44. The van der Waals surface area contributed by atoms with Crippen molar-refractivity contribution in [2.24, 2.45) is 0 Å². The molecule has 0 spiro atoms. The zero-order chi connectivity index (χ0) is 21.7. The fraction of sp³-hybridized carbons (Fsp3) is 0.143. The maximum absolute atomic E-state index is 14.0. The Bertz CT molecular complexity index is 1120.